The number of nitrogens with one attached hydrogen (secondary N) is 2. The van der Waals surface area contributed by atoms with Gasteiger partial charge >= 0.3 is 0 Å². The lowest BCUT2D eigenvalue weighted by molar-refractivity contribution is -0.122. The number of amides is 1. The Bertz CT molecular complexity index is 470. The first-order chi connectivity index (χ1) is 10.1. The molecule has 1 aliphatic heterocycles. The van der Waals surface area contributed by atoms with Crippen LogP contribution in [0, 0.1) is 5.92 Å². The fraction of sp³-hybridized carbons (Fsp3) is 0.611. The average Bonchev–Trinajstić information content (AvgIpc) is 2.46. The Morgan fingerprint density at radius 3 is 2.81 bits per heavy atom. The van der Waals surface area contributed by atoms with Crippen molar-refractivity contribution < 1.29 is 4.79 Å². The number of carbonyl (C=O) groups excluding carboxylic acids is 1. The van der Waals surface area contributed by atoms with Gasteiger partial charge in [0.2, 0.25) is 5.91 Å². The summed E-state index contributed by atoms with van der Waals surface area (Å²) in [6.45, 7) is 6.59. The third kappa shape index (κ3) is 4.76. The second kappa shape index (κ2) is 7.48. The monoisotopic (exact) mass is 288 g/mol. The van der Waals surface area contributed by atoms with Crippen molar-refractivity contribution in [1.29, 1.82) is 0 Å². The molecule has 1 amide bonds. The smallest absolute Gasteiger partial charge is 0.242 e. The van der Waals surface area contributed by atoms with Crippen molar-refractivity contribution in [2.45, 2.75) is 65.0 Å². The van der Waals surface area contributed by atoms with Gasteiger partial charge in [-0.25, -0.2) is 0 Å². The number of aryl methyl sites for hydroxylation is 1. The van der Waals surface area contributed by atoms with Crippen molar-refractivity contribution in [2.75, 3.05) is 5.32 Å². The average molecular weight is 288 g/mol. The maximum absolute atomic E-state index is 12.3. The van der Waals surface area contributed by atoms with Crippen LogP contribution in [0.25, 0.3) is 0 Å². The lowest BCUT2D eigenvalue weighted by atomic mass is 9.97. The Hall–Kier alpha value is -1.51. The fourth-order valence-electron chi connectivity index (χ4n) is 2.88. The largest absolute Gasteiger partial charge is 0.373 e. The first kappa shape index (κ1) is 15.9. The molecular weight excluding hydrogens is 260 g/mol. The number of hydrogen-bond donors (Lipinski definition) is 2. The maximum Gasteiger partial charge on any atom is 0.242 e. The Morgan fingerprint density at radius 2 is 2.05 bits per heavy atom. The van der Waals surface area contributed by atoms with E-state index < -0.39 is 0 Å². The molecule has 2 rings (SSSR count). The SMILES string of the molecule is CC(C)CCCC(C)NC(=O)C1CCc2ccccc2N1. The lowest BCUT2D eigenvalue weighted by Crippen LogP contribution is -2.45. The molecule has 0 bridgehead atoms. The van der Waals surface area contributed by atoms with Crippen LogP contribution in [-0.4, -0.2) is 18.0 Å². The Balaban J connectivity index is 1.79. The van der Waals surface area contributed by atoms with E-state index in [4.69, 9.17) is 0 Å². The number of para-hydroxylation sites is 1. The molecule has 0 saturated carbocycles. The van der Waals surface area contributed by atoms with Gasteiger partial charge in [-0.2, -0.15) is 0 Å². The molecule has 1 aliphatic rings. The van der Waals surface area contributed by atoms with Gasteiger partial charge in [-0.15, -0.1) is 0 Å². The number of rotatable bonds is 6. The zero-order chi connectivity index (χ0) is 15.2. The maximum atomic E-state index is 12.3. The Kier molecular flexibility index (Phi) is 5.66. The molecule has 0 aromatic heterocycles. The van der Waals surface area contributed by atoms with Crippen LogP contribution in [0.1, 0.15) is 52.0 Å². The van der Waals surface area contributed by atoms with Gasteiger partial charge < -0.3 is 10.6 Å². The first-order valence-corrected chi connectivity index (χ1v) is 8.21. The van der Waals surface area contributed by atoms with E-state index in [1.807, 2.05) is 6.07 Å². The van der Waals surface area contributed by atoms with Gasteiger partial charge in [-0.3, -0.25) is 4.79 Å². The van der Waals surface area contributed by atoms with Crippen molar-refractivity contribution in [1.82, 2.24) is 5.32 Å². The molecule has 0 spiro atoms. The molecular formula is C18H28N2O. The predicted octanol–water partition coefficient (Wildman–Crippen LogP) is 3.74. The molecule has 116 valence electrons. The van der Waals surface area contributed by atoms with Gasteiger partial charge in [0.05, 0.1) is 0 Å². The van der Waals surface area contributed by atoms with Gasteiger partial charge in [-0.1, -0.05) is 44.9 Å². The molecule has 0 saturated heterocycles. The molecule has 1 heterocycles. The summed E-state index contributed by atoms with van der Waals surface area (Å²) in [6.07, 6.45) is 5.33. The van der Waals surface area contributed by atoms with Crippen LogP contribution in [-0.2, 0) is 11.2 Å². The molecule has 3 nitrogen and oxygen atoms in total. The number of anilines is 1. The molecule has 21 heavy (non-hydrogen) atoms. The third-order valence-electron chi connectivity index (χ3n) is 4.17. The van der Waals surface area contributed by atoms with Crippen LogP contribution in [0.15, 0.2) is 24.3 Å². The van der Waals surface area contributed by atoms with E-state index in [1.165, 1.54) is 18.4 Å². The summed E-state index contributed by atoms with van der Waals surface area (Å²) in [6, 6.07) is 8.42. The minimum atomic E-state index is -0.0903. The number of hydrogen-bond acceptors (Lipinski definition) is 2. The molecule has 3 heteroatoms. The van der Waals surface area contributed by atoms with Gasteiger partial charge in [0.15, 0.2) is 0 Å². The summed E-state index contributed by atoms with van der Waals surface area (Å²) in [5.41, 5.74) is 2.42. The Morgan fingerprint density at radius 1 is 1.29 bits per heavy atom. The molecule has 0 fully saturated rings. The molecule has 2 unspecified atom stereocenters. The van der Waals surface area contributed by atoms with Crippen molar-refractivity contribution in [2.24, 2.45) is 5.92 Å². The van der Waals surface area contributed by atoms with Crippen molar-refractivity contribution >= 4 is 11.6 Å². The molecule has 1 aromatic carbocycles. The standard InChI is InChI=1S/C18H28N2O/c1-13(2)7-6-8-14(3)19-18(21)17-12-11-15-9-4-5-10-16(15)20-17/h4-5,9-10,13-14,17,20H,6-8,11-12H2,1-3H3,(H,19,21). The quantitative estimate of drug-likeness (QED) is 0.837. The van der Waals surface area contributed by atoms with Gasteiger partial charge in [0.25, 0.3) is 0 Å². The van der Waals surface area contributed by atoms with Crippen molar-refractivity contribution in [3.63, 3.8) is 0 Å². The van der Waals surface area contributed by atoms with Gasteiger partial charge in [-0.05, 0) is 43.7 Å². The van der Waals surface area contributed by atoms with E-state index in [9.17, 15) is 4.79 Å². The summed E-state index contributed by atoms with van der Waals surface area (Å²) >= 11 is 0. The minimum absolute atomic E-state index is 0.0903. The topological polar surface area (TPSA) is 41.1 Å². The number of fused-ring (bicyclic) bond motifs is 1. The van der Waals surface area contributed by atoms with Crippen LogP contribution in [0.5, 0.6) is 0 Å². The highest BCUT2D eigenvalue weighted by Gasteiger charge is 2.24. The van der Waals surface area contributed by atoms with E-state index in [1.54, 1.807) is 0 Å². The predicted molar refractivity (Wildman–Crippen MR) is 88.5 cm³/mol. The second-order valence-electron chi connectivity index (χ2n) is 6.63. The van der Waals surface area contributed by atoms with E-state index in [2.05, 4.69) is 49.6 Å². The Labute approximate surface area is 128 Å². The summed E-state index contributed by atoms with van der Waals surface area (Å²) in [4.78, 5) is 12.3. The van der Waals surface area contributed by atoms with Crippen LogP contribution in [0.2, 0.25) is 0 Å². The lowest BCUT2D eigenvalue weighted by Gasteiger charge is -2.27. The molecule has 2 atom stereocenters. The number of carbonyl (C=O) groups is 1. The zero-order valence-corrected chi connectivity index (χ0v) is 13.5. The highest BCUT2D eigenvalue weighted by molar-refractivity contribution is 5.85. The van der Waals surface area contributed by atoms with Crippen LogP contribution >= 0.6 is 0 Å². The van der Waals surface area contributed by atoms with E-state index in [-0.39, 0.29) is 18.0 Å². The second-order valence-corrected chi connectivity index (χ2v) is 6.63. The van der Waals surface area contributed by atoms with Crippen LogP contribution in [0.3, 0.4) is 0 Å². The molecule has 2 N–H and O–H groups in total. The third-order valence-corrected chi connectivity index (χ3v) is 4.17. The van der Waals surface area contributed by atoms with Crippen LogP contribution < -0.4 is 10.6 Å². The van der Waals surface area contributed by atoms with Crippen LogP contribution in [0.4, 0.5) is 5.69 Å². The van der Waals surface area contributed by atoms with E-state index in [0.717, 1.165) is 30.9 Å². The van der Waals surface area contributed by atoms with Gasteiger partial charge in [0.1, 0.15) is 6.04 Å². The fourth-order valence-corrected chi connectivity index (χ4v) is 2.88. The molecule has 0 aliphatic carbocycles. The molecule has 0 radical (unpaired) electrons. The zero-order valence-electron chi connectivity index (χ0n) is 13.5. The minimum Gasteiger partial charge on any atom is -0.373 e. The highest BCUT2D eigenvalue weighted by atomic mass is 16.2. The summed E-state index contributed by atoms with van der Waals surface area (Å²) in [7, 11) is 0. The molecule has 1 aromatic rings. The summed E-state index contributed by atoms with van der Waals surface area (Å²) < 4.78 is 0. The normalized spacial score (nSPS) is 18.8. The van der Waals surface area contributed by atoms with Gasteiger partial charge in [0, 0.05) is 11.7 Å². The number of benzene rings is 1. The summed E-state index contributed by atoms with van der Waals surface area (Å²) in [5, 5.41) is 6.52. The van der Waals surface area contributed by atoms with E-state index in [0.29, 0.717) is 0 Å². The first-order valence-electron chi connectivity index (χ1n) is 8.21. The summed E-state index contributed by atoms with van der Waals surface area (Å²) in [5.74, 6) is 0.881. The highest BCUT2D eigenvalue weighted by Crippen LogP contribution is 2.24. The van der Waals surface area contributed by atoms with Crippen molar-refractivity contribution in [3.05, 3.63) is 29.8 Å². The van der Waals surface area contributed by atoms with E-state index >= 15 is 0 Å². The van der Waals surface area contributed by atoms with Crippen molar-refractivity contribution in [3.8, 4) is 0 Å².